The zero-order valence-electron chi connectivity index (χ0n) is 23.3. The molecule has 5 rings (SSSR count). The van der Waals surface area contributed by atoms with Gasteiger partial charge in [-0.2, -0.15) is 0 Å². The Bertz CT molecular complexity index is 1300. The second kappa shape index (κ2) is 11.3. The molecule has 0 unspecified atom stereocenters. The lowest BCUT2D eigenvalue weighted by Gasteiger charge is -2.32. The predicted molar refractivity (Wildman–Crippen MR) is 159 cm³/mol. The SMILES string of the molecule is CC(C)N(CCCN1CCn2c(c(C3CCCCC3)c3ccc(C(=O)O)cc32)-c2ccc(Cl)cc21)C(C)C. The first-order valence-corrected chi connectivity index (χ1v) is 14.8. The van der Waals surface area contributed by atoms with Gasteiger partial charge in [0, 0.05) is 65.4 Å². The second-order valence-electron chi connectivity index (χ2n) is 11.7. The molecule has 38 heavy (non-hydrogen) atoms. The van der Waals surface area contributed by atoms with Gasteiger partial charge in [-0.05, 0) is 88.8 Å². The van der Waals surface area contributed by atoms with Gasteiger partial charge >= 0.3 is 5.97 Å². The Kier molecular flexibility index (Phi) is 8.06. The molecule has 5 nitrogen and oxygen atoms in total. The third-order valence-electron chi connectivity index (χ3n) is 8.68. The molecule has 1 aliphatic heterocycles. The van der Waals surface area contributed by atoms with Crippen molar-refractivity contribution in [3.05, 3.63) is 52.5 Å². The van der Waals surface area contributed by atoms with Crippen LogP contribution in [0, 0.1) is 0 Å². The first-order chi connectivity index (χ1) is 18.3. The third-order valence-corrected chi connectivity index (χ3v) is 8.92. The van der Waals surface area contributed by atoms with Crippen LogP contribution in [0.2, 0.25) is 5.02 Å². The van der Waals surface area contributed by atoms with E-state index in [-0.39, 0.29) is 0 Å². The van der Waals surface area contributed by atoms with Crippen LogP contribution in [0.15, 0.2) is 36.4 Å². The Hall–Kier alpha value is -2.50. The highest BCUT2D eigenvalue weighted by Gasteiger charge is 2.31. The summed E-state index contributed by atoms with van der Waals surface area (Å²) in [7, 11) is 0. The van der Waals surface area contributed by atoms with Crippen molar-refractivity contribution in [1.82, 2.24) is 9.47 Å². The molecular weight excluding hydrogens is 494 g/mol. The van der Waals surface area contributed by atoms with Crippen molar-refractivity contribution in [2.75, 3.05) is 24.5 Å². The van der Waals surface area contributed by atoms with Gasteiger partial charge in [0.25, 0.3) is 0 Å². The second-order valence-corrected chi connectivity index (χ2v) is 12.1. The van der Waals surface area contributed by atoms with E-state index in [1.54, 1.807) is 6.07 Å². The zero-order chi connectivity index (χ0) is 27.0. The third kappa shape index (κ3) is 5.20. The smallest absolute Gasteiger partial charge is 0.335 e. The summed E-state index contributed by atoms with van der Waals surface area (Å²) in [5, 5.41) is 11.8. The normalized spacial score (nSPS) is 16.4. The summed E-state index contributed by atoms with van der Waals surface area (Å²) in [5.41, 5.74) is 6.52. The fraction of sp³-hybridized carbons (Fsp3) is 0.531. The van der Waals surface area contributed by atoms with E-state index < -0.39 is 5.97 Å². The minimum absolute atomic E-state index is 0.355. The van der Waals surface area contributed by atoms with E-state index in [0.29, 0.717) is 23.6 Å². The van der Waals surface area contributed by atoms with E-state index in [0.717, 1.165) is 43.1 Å². The van der Waals surface area contributed by atoms with Crippen LogP contribution in [-0.4, -0.2) is 52.3 Å². The van der Waals surface area contributed by atoms with Crippen LogP contribution in [0.3, 0.4) is 0 Å². The van der Waals surface area contributed by atoms with Gasteiger partial charge in [-0.25, -0.2) is 4.79 Å². The molecule has 2 aromatic carbocycles. The molecule has 0 bridgehead atoms. The van der Waals surface area contributed by atoms with Crippen molar-refractivity contribution >= 4 is 34.2 Å². The Labute approximate surface area is 232 Å². The van der Waals surface area contributed by atoms with E-state index >= 15 is 0 Å². The molecule has 204 valence electrons. The maximum atomic E-state index is 11.9. The predicted octanol–water partition coefficient (Wildman–Crippen LogP) is 8.04. The molecule has 1 N–H and O–H groups in total. The van der Waals surface area contributed by atoms with Crippen molar-refractivity contribution in [3.8, 4) is 11.3 Å². The molecule has 2 aliphatic rings. The largest absolute Gasteiger partial charge is 0.478 e. The summed E-state index contributed by atoms with van der Waals surface area (Å²) in [6.45, 7) is 12.8. The van der Waals surface area contributed by atoms with Crippen molar-refractivity contribution in [2.45, 2.75) is 90.8 Å². The van der Waals surface area contributed by atoms with Gasteiger partial charge in [-0.3, -0.25) is 4.90 Å². The lowest BCUT2D eigenvalue weighted by molar-refractivity contribution is 0.0697. The highest BCUT2D eigenvalue weighted by Crippen LogP contribution is 2.48. The van der Waals surface area contributed by atoms with Crippen LogP contribution in [0.4, 0.5) is 5.69 Å². The number of fused-ring (bicyclic) bond motifs is 5. The molecule has 1 aliphatic carbocycles. The van der Waals surface area contributed by atoms with E-state index in [9.17, 15) is 9.90 Å². The molecule has 1 aromatic heterocycles. The van der Waals surface area contributed by atoms with Gasteiger partial charge in [0.2, 0.25) is 0 Å². The number of carbonyl (C=O) groups is 1. The molecule has 0 amide bonds. The van der Waals surface area contributed by atoms with Gasteiger partial charge in [0.05, 0.1) is 11.3 Å². The number of nitrogens with zero attached hydrogens (tertiary/aromatic N) is 3. The van der Waals surface area contributed by atoms with Crippen LogP contribution >= 0.6 is 11.6 Å². The molecule has 0 spiro atoms. The van der Waals surface area contributed by atoms with Crippen LogP contribution in [0.5, 0.6) is 0 Å². The Morgan fingerprint density at radius 1 is 1.03 bits per heavy atom. The number of rotatable bonds is 8. The number of carboxylic acid groups (broad SMARTS) is 1. The molecule has 6 heteroatoms. The molecule has 1 saturated carbocycles. The van der Waals surface area contributed by atoms with E-state index in [1.807, 2.05) is 12.1 Å². The number of hydrogen-bond donors (Lipinski definition) is 1. The monoisotopic (exact) mass is 535 g/mol. The first-order valence-electron chi connectivity index (χ1n) is 14.5. The number of carboxylic acids is 1. The molecular formula is C32H42ClN3O2. The minimum Gasteiger partial charge on any atom is -0.478 e. The topological polar surface area (TPSA) is 48.7 Å². The van der Waals surface area contributed by atoms with E-state index in [1.165, 1.54) is 60.0 Å². The number of halogens is 1. The fourth-order valence-corrected chi connectivity index (χ4v) is 7.10. The summed E-state index contributed by atoms with van der Waals surface area (Å²) >= 11 is 6.61. The number of aromatic carboxylic acids is 1. The molecule has 1 fully saturated rings. The van der Waals surface area contributed by atoms with Gasteiger partial charge in [-0.15, -0.1) is 0 Å². The molecule has 0 atom stereocenters. The summed E-state index contributed by atoms with van der Waals surface area (Å²) in [6.07, 6.45) is 7.28. The van der Waals surface area contributed by atoms with E-state index in [2.05, 4.69) is 60.3 Å². The van der Waals surface area contributed by atoms with Crippen molar-refractivity contribution in [3.63, 3.8) is 0 Å². The van der Waals surface area contributed by atoms with Crippen LogP contribution in [-0.2, 0) is 6.54 Å². The summed E-state index contributed by atoms with van der Waals surface area (Å²) in [6, 6.07) is 13.1. The lowest BCUT2D eigenvalue weighted by atomic mass is 9.81. The zero-order valence-corrected chi connectivity index (χ0v) is 24.1. The lowest BCUT2D eigenvalue weighted by Crippen LogP contribution is -2.39. The van der Waals surface area contributed by atoms with Crippen molar-refractivity contribution < 1.29 is 9.90 Å². The standard InChI is InChI=1S/C32H42ClN3O2/c1-21(2)35(22(3)4)16-8-15-34-17-18-36-29-19-24(32(37)38)11-13-26(29)30(23-9-6-5-7-10-23)31(36)27-14-12-25(33)20-28(27)34/h11-14,19-23H,5-10,15-18H2,1-4H3,(H,37,38). The quantitative estimate of drug-likeness (QED) is 0.317. The average Bonchev–Trinajstić information content (AvgIpc) is 3.12. The van der Waals surface area contributed by atoms with Gasteiger partial charge in [0.15, 0.2) is 0 Å². The van der Waals surface area contributed by atoms with Crippen LogP contribution in [0.25, 0.3) is 22.2 Å². The first kappa shape index (κ1) is 27.1. The molecule has 0 saturated heterocycles. The Morgan fingerprint density at radius 3 is 2.45 bits per heavy atom. The van der Waals surface area contributed by atoms with Gasteiger partial charge in [0.1, 0.15) is 0 Å². The highest BCUT2D eigenvalue weighted by molar-refractivity contribution is 6.31. The van der Waals surface area contributed by atoms with Gasteiger partial charge < -0.3 is 14.6 Å². The van der Waals surface area contributed by atoms with Gasteiger partial charge in [-0.1, -0.05) is 36.9 Å². The number of aromatic nitrogens is 1. The molecule has 2 heterocycles. The molecule has 0 radical (unpaired) electrons. The summed E-state index contributed by atoms with van der Waals surface area (Å²) in [5.74, 6) is -0.372. The summed E-state index contributed by atoms with van der Waals surface area (Å²) < 4.78 is 2.41. The molecule has 3 aromatic rings. The highest BCUT2D eigenvalue weighted by atomic mass is 35.5. The summed E-state index contributed by atoms with van der Waals surface area (Å²) in [4.78, 5) is 17.0. The van der Waals surface area contributed by atoms with Crippen molar-refractivity contribution in [2.24, 2.45) is 0 Å². The fourth-order valence-electron chi connectivity index (χ4n) is 6.93. The van der Waals surface area contributed by atoms with Crippen molar-refractivity contribution in [1.29, 1.82) is 0 Å². The maximum Gasteiger partial charge on any atom is 0.335 e. The average molecular weight is 536 g/mol. The van der Waals surface area contributed by atoms with Crippen LogP contribution in [0.1, 0.15) is 88.1 Å². The van der Waals surface area contributed by atoms with E-state index in [4.69, 9.17) is 11.6 Å². The Morgan fingerprint density at radius 2 is 1.76 bits per heavy atom. The van der Waals surface area contributed by atoms with Crippen LogP contribution < -0.4 is 4.90 Å². The number of hydrogen-bond acceptors (Lipinski definition) is 3. The number of anilines is 1. The number of benzene rings is 2. The maximum absolute atomic E-state index is 11.9. The Balaban J connectivity index is 1.60. The minimum atomic E-state index is -0.871.